The van der Waals surface area contributed by atoms with Crippen LogP contribution in [0.4, 0.5) is 0 Å². The Labute approximate surface area is 251 Å². The lowest BCUT2D eigenvalue weighted by molar-refractivity contribution is -0.160. The van der Waals surface area contributed by atoms with E-state index in [1.54, 1.807) is 0 Å². The van der Waals surface area contributed by atoms with Crippen molar-refractivity contribution in [2.75, 3.05) is 11.9 Å². The van der Waals surface area contributed by atoms with Gasteiger partial charge in [0, 0.05) is 11.8 Å². The maximum absolute atomic E-state index is 12.7. The van der Waals surface area contributed by atoms with Crippen LogP contribution >= 0.6 is 23.8 Å². The van der Waals surface area contributed by atoms with E-state index >= 15 is 0 Å². The number of carbonyl (C=O) groups is 1. The molecule has 8 heteroatoms. The smallest absolute Gasteiger partial charge is 0.460 e. The van der Waals surface area contributed by atoms with Crippen LogP contribution in [0, 0.1) is 46.3 Å². The average Bonchev–Trinajstić information content (AvgIpc) is 3.24. The molecule has 1 N–H and O–H groups in total. The number of alkyl halides is 1. The van der Waals surface area contributed by atoms with Crippen molar-refractivity contribution in [3.05, 3.63) is 11.6 Å². The maximum Gasteiger partial charge on any atom is 0.473 e. The van der Waals surface area contributed by atoms with Crippen LogP contribution in [-0.4, -0.2) is 35.0 Å². The van der Waals surface area contributed by atoms with Gasteiger partial charge < -0.3 is 9.63 Å². The molecule has 4 aliphatic carbocycles. The quantitative estimate of drug-likeness (QED) is 0.0989. The number of hydrogen-bond acceptors (Lipinski definition) is 5. The Balaban J connectivity index is 1.37. The Hall–Kier alpha value is -0.200. The van der Waals surface area contributed by atoms with Crippen LogP contribution in [0.5, 0.6) is 0 Å². The predicted molar refractivity (Wildman–Crippen MR) is 163 cm³/mol. The number of carbonyl (C=O) groups excluding carboxylic acids is 1. The van der Waals surface area contributed by atoms with Crippen molar-refractivity contribution in [1.82, 2.24) is 0 Å². The molecule has 4 unspecified atom stereocenters. The molecule has 0 bridgehead atoms. The number of hydrogen-bond donors (Lipinski definition) is 1. The summed E-state index contributed by atoms with van der Waals surface area (Å²) >= 11 is 3.14. The van der Waals surface area contributed by atoms with Gasteiger partial charge in [-0.1, -0.05) is 81.5 Å². The van der Waals surface area contributed by atoms with Gasteiger partial charge in [0.05, 0.1) is 6.61 Å². The van der Waals surface area contributed by atoms with Gasteiger partial charge in [-0.2, -0.15) is 0 Å². The molecule has 4 aliphatic rings. The van der Waals surface area contributed by atoms with Gasteiger partial charge >= 0.3 is 13.8 Å². The molecule has 0 saturated heterocycles. The number of esters is 1. The van der Waals surface area contributed by atoms with Gasteiger partial charge in [0.15, 0.2) is 6.10 Å². The maximum atomic E-state index is 12.7. The minimum Gasteiger partial charge on any atom is -0.460 e. The number of allylic oxidation sites excluding steroid dienone is 1. The Morgan fingerprint density at radius 1 is 1.10 bits per heavy atom. The molecule has 0 radical (unpaired) electrons. The van der Waals surface area contributed by atoms with E-state index in [1.807, 2.05) is 0 Å². The number of halogens is 1. The van der Waals surface area contributed by atoms with Crippen molar-refractivity contribution in [2.45, 2.75) is 124 Å². The van der Waals surface area contributed by atoms with Crippen LogP contribution in [-0.2, 0) is 23.1 Å². The van der Waals surface area contributed by atoms with Crippen molar-refractivity contribution in [3.63, 3.8) is 0 Å². The number of rotatable bonds is 12. The van der Waals surface area contributed by atoms with Crippen LogP contribution < -0.4 is 0 Å². The highest BCUT2D eigenvalue weighted by Gasteiger charge is 2.59. The van der Waals surface area contributed by atoms with Crippen LogP contribution in [0.15, 0.2) is 11.6 Å². The van der Waals surface area contributed by atoms with E-state index in [2.05, 4.69) is 56.6 Å². The number of phosphoric acid groups is 1. The number of ether oxygens (including phenoxy) is 1. The molecule has 6 nitrogen and oxygen atoms in total. The highest BCUT2D eigenvalue weighted by molar-refractivity contribution is 9.09. The third-order valence-corrected chi connectivity index (χ3v) is 12.9. The normalized spacial score (nSPS) is 38.4. The zero-order valence-corrected chi connectivity index (χ0v) is 28.2. The first-order chi connectivity index (χ1) is 18.8. The Kier molecular flexibility index (Phi) is 10.8. The molecule has 0 heterocycles. The van der Waals surface area contributed by atoms with E-state index < -0.39 is 19.9 Å². The van der Waals surface area contributed by atoms with Gasteiger partial charge in [-0.25, -0.2) is 9.36 Å². The molecule has 10 atom stereocenters. The summed E-state index contributed by atoms with van der Waals surface area (Å²) in [6, 6.07) is 0. The van der Waals surface area contributed by atoms with Crippen molar-refractivity contribution in [3.8, 4) is 0 Å². The molecule has 0 aromatic rings. The fraction of sp³-hybridized carbons (Fsp3) is 0.906. The second kappa shape index (κ2) is 13.2. The Morgan fingerprint density at radius 3 is 2.55 bits per heavy atom. The van der Waals surface area contributed by atoms with E-state index in [1.165, 1.54) is 57.4 Å². The second-order valence-corrected chi connectivity index (χ2v) is 16.5. The lowest BCUT2D eigenvalue weighted by Crippen LogP contribution is -2.51. The van der Waals surface area contributed by atoms with Crippen LogP contribution in [0.1, 0.15) is 112 Å². The fourth-order valence-corrected chi connectivity index (χ4v) is 10.7. The van der Waals surface area contributed by atoms with Crippen LogP contribution in [0.2, 0.25) is 0 Å². The fourth-order valence-electron chi connectivity index (χ4n) is 9.44. The largest absolute Gasteiger partial charge is 0.473 e. The van der Waals surface area contributed by atoms with Crippen molar-refractivity contribution in [2.24, 2.45) is 46.3 Å². The summed E-state index contributed by atoms with van der Waals surface area (Å²) in [4.78, 5) is 22.5. The molecule has 3 saturated carbocycles. The summed E-state index contributed by atoms with van der Waals surface area (Å²) < 4.78 is 27.7. The van der Waals surface area contributed by atoms with E-state index in [0.29, 0.717) is 16.7 Å². The van der Waals surface area contributed by atoms with Gasteiger partial charge in [-0.3, -0.25) is 9.05 Å². The minimum atomic E-state index is -4.30. The zero-order valence-electron chi connectivity index (χ0n) is 25.7. The van der Waals surface area contributed by atoms with E-state index in [4.69, 9.17) is 13.8 Å². The Morgan fingerprint density at radius 2 is 1.85 bits per heavy atom. The monoisotopic (exact) mass is 644 g/mol. The Bertz CT molecular complexity index is 969. The van der Waals surface area contributed by atoms with E-state index in [-0.39, 0.29) is 18.1 Å². The standard InChI is InChI=1S/C32H54BrO6P/c1-21(2)8-7-9-22(3)27-12-13-28-26-11-10-24-20-25(14-16-31(24,5)29(26)15-17-32(27,28)6)38-30(34)23(4)39-40(35,36)37-19-18-33/h10,21-23,25-29H,7-9,11-20H2,1-6H3,(H,35,36)/t22-,23+,25+,26?,27-,28?,29?,31+,32-/m1/s1. The molecule has 0 aromatic heterocycles. The molecule has 0 spiro atoms. The minimum absolute atomic E-state index is 0.0189. The topological polar surface area (TPSA) is 82.1 Å². The number of phosphoric ester groups is 1. The van der Waals surface area contributed by atoms with Crippen LogP contribution in [0.25, 0.3) is 0 Å². The predicted octanol–water partition coefficient (Wildman–Crippen LogP) is 8.86. The highest BCUT2D eigenvalue weighted by Crippen LogP contribution is 2.67. The molecular weight excluding hydrogens is 591 g/mol. The van der Waals surface area contributed by atoms with E-state index in [0.717, 1.165) is 55.3 Å². The lowest BCUT2D eigenvalue weighted by atomic mass is 9.47. The first-order valence-electron chi connectivity index (χ1n) is 15.9. The lowest BCUT2D eigenvalue weighted by Gasteiger charge is -2.58. The SMILES string of the molecule is CC(C)CCC[C@@H](C)[C@H]1CCC2C3CC=C4C[C@@H](OC(=O)[C@H](C)OP(=O)(O)OCCBr)CC[C@]4(C)C3CC[C@@]21C. The summed E-state index contributed by atoms with van der Waals surface area (Å²) in [6.45, 7) is 13.8. The third kappa shape index (κ3) is 6.95. The molecule has 40 heavy (non-hydrogen) atoms. The summed E-state index contributed by atoms with van der Waals surface area (Å²) in [5.41, 5.74) is 2.12. The molecule has 3 fully saturated rings. The first kappa shape index (κ1) is 32.7. The number of fused-ring (bicyclic) bond motifs is 5. The molecule has 230 valence electrons. The van der Waals surface area contributed by atoms with Gasteiger partial charge in [0.1, 0.15) is 6.10 Å². The molecular formula is C32H54BrO6P. The molecule has 4 rings (SSSR count). The van der Waals surface area contributed by atoms with Gasteiger partial charge in [0.2, 0.25) is 0 Å². The molecule has 0 aromatic carbocycles. The summed E-state index contributed by atoms with van der Waals surface area (Å²) in [6.07, 6.45) is 14.4. The van der Waals surface area contributed by atoms with Gasteiger partial charge in [0.25, 0.3) is 0 Å². The third-order valence-electron chi connectivity index (χ3n) is 11.5. The van der Waals surface area contributed by atoms with Gasteiger partial charge in [-0.05, 0) is 98.2 Å². The van der Waals surface area contributed by atoms with Crippen molar-refractivity contribution in [1.29, 1.82) is 0 Å². The molecule has 0 amide bonds. The van der Waals surface area contributed by atoms with Crippen molar-refractivity contribution >= 4 is 29.7 Å². The molecule has 0 aliphatic heterocycles. The average molecular weight is 646 g/mol. The van der Waals surface area contributed by atoms with E-state index in [9.17, 15) is 14.3 Å². The summed E-state index contributed by atoms with van der Waals surface area (Å²) in [5.74, 6) is 4.19. The first-order valence-corrected chi connectivity index (χ1v) is 18.5. The summed E-state index contributed by atoms with van der Waals surface area (Å²) in [7, 11) is -4.30. The van der Waals surface area contributed by atoms with Gasteiger partial charge in [-0.15, -0.1) is 0 Å². The highest BCUT2D eigenvalue weighted by atomic mass is 79.9. The zero-order chi connectivity index (χ0) is 29.3. The van der Waals surface area contributed by atoms with Crippen LogP contribution in [0.3, 0.4) is 0 Å². The second-order valence-electron chi connectivity index (χ2n) is 14.3. The summed E-state index contributed by atoms with van der Waals surface area (Å²) in [5, 5.41) is 0.398. The van der Waals surface area contributed by atoms with Crippen molar-refractivity contribution < 1.29 is 28.0 Å².